The highest BCUT2D eigenvalue weighted by Gasteiger charge is 2.24. The first kappa shape index (κ1) is 23.7. The summed E-state index contributed by atoms with van der Waals surface area (Å²) in [5, 5.41) is 11.6. The maximum Gasteiger partial charge on any atom is 0.232 e. The highest BCUT2D eigenvalue weighted by molar-refractivity contribution is 14.0. The molecule has 29 heavy (non-hydrogen) atoms. The molecule has 0 radical (unpaired) electrons. The smallest absolute Gasteiger partial charge is 0.232 e. The number of hydrogen-bond acceptors (Lipinski definition) is 5. The molecule has 1 aromatic carbocycles. The summed E-state index contributed by atoms with van der Waals surface area (Å²) in [4.78, 5) is 11.4. The number of aromatic nitrogens is 2. The summed E-state index contributed by atoms with van der Waals surface area (Å²) in [5.74, 6) is 1.99. The van der Waals surface area contributed by atoms with Gasteiger partial charge >= 0.3 is 0 Å². The molecule has 1 atom stereocenters. The summed E-state index contributed by atoms with van der Waals surface area (Å²) in [6.45, 7) is 11.2. The Hall–Kier alpha value is -1.55. The fourth-order valence-corrected chi connectivity index (χ4v) is 3.26. The van der Waals surface area contributed by atoms with E-state index in [1.807, 2.05) is 39.0 Å². The first-order chi connectivity index (χ1) is 13.3. The number of aliphatic imine (C=N–C) groups is 1. The van der Waals surface area contributed by atoms with Crippen molar-refractivity contribution in [2.24, 2.45) is 4.99 Å². The van der Waals surface area contributed by atoms with Gasteiger partial charge in [0.25, 0.3) is 0 Å². The average molecular weight is 533 g/mol. The van der Waals surface area contributed by atoms with E-state index < -0.39 is 0 Å². The van der Waals surface area contributed by atoms with Gasteiger partial charge in [0.1, 0.15) is 6.54 Å². The molecular formula is C20H30ClIN6O. The maximum absolute atomic E-state index is 6.12. The summed E-state index contributed by atoms with van der Waals surface area (Å²) in [6, 6.07) is 8.30. The number of anilines is 1. The van der Waals surface area contributed by atoms with E-state index in [1.165, 1.54) is 0 Å². The van der Waals surface area contributed by atoms with Crippen LogP contribution in [0.15, 0.2) is 33.8 Å². The van der Waals surface area contributed by atoms with Crippen LogP contribution < -0.4 is 15.5 Å². The molecule has 1 unspecified atom stereocenters. The average Bonchev–Trinajstić information content (AvgIpc) is 3.29. The Morgan fingerprint density at radius 3 is 2.83 bits per heavy atom. The Labute approximate surface area is 194 Å². The van der Waals surface area contributed by atoms with Gasteiger partial charge in [0.05, 0.1) is 0 Å². The van der Waals surface area contributed by atoms with E-state index in [0.29, 0.717) is 24.3 Å². The van der Waals surface area contributed by atoms with Crippen LogP contribution in [0.5, 0.6) is 0 Å². The van der Waals surface area contributed by atoms with Gasteiger partial charge in [-0.1, -0.05) is 43.6 Å². The second-order valence-corrected chi connectivity index (χ2v) is 8.45. The highest BCUT2D eigenvalue weighted by atomic mass is 127. The van der Waals surface area contributed by atoms with E-state index in [0.717, 1.165) is 42.7 Å². The van der Waals surface area contributed by atoms with Gasteiger partial charge in [-0.25, -0.2) is 4.99 Å². The van der Waals surface area contributed by atoms with Gasteiger partial charge in [0, 0.05) is 41.8 Å². The normalized spacial score (nSPS) is 17.2. The molecule has 1 aliphatic heterocycles. The maximum atomic E-state index is 6.12. The molecule has 2 heterocycles. The van der Waals surface area contributed by atoms with Crippen LogP contribution in [0.3, 0.4) is 0 Å². The first-order valence-electron chi connectivity index (χ1n) is 9.73. The molecule has 0 amide bonds. The summed E-state index contributed by atoms with van der Waals surface area (Å²) in [5.41, 5.74) is 0.992. The molecular weight excluding hydrogens is 503 g/mol. The summed E-state index contributed by atoms with van der Waals surface area (Å²) >= 11 is 6.12. The van der Waals surface area contributed by atoms with Crippen LogP contribution >= 0.6 is 35.6 Å². The van der Waals surface area contributed by atoms with Crippen LogP contribution in [-0.4, -0.2) is 41.8 Å². The molecule has 9 heteroatoms. The molecule has 1 aromatic heterocycles. The number of halogens is 2. The van der Waals surface area contributed by atoms with Crippen LogP contribution in [0.1, 0.15) is 45.8 Å². The van der Waals surface area contributed by atoms with E-state index in [-0.39, 0.29) is 29.4 Å². The Balaban J connectivity index is 0.00000300. The zero-order chi connectivity index (χ0) is 20.1. The van der Waals surface area contributed by atoms with E-state index >= 15 is 0 Å². The molecule has 2 aromatic rings. The first-order valence-corrected chi connectivity index (χ1v) is 10.1. The van der Waals surface area contributed by atoms with Gasteiger partial charge < -0.3 is 20.1 Å². The minimum Gasteiger partial charge on any atom is -0.369 e. The van der Waals surface area contributed by atoms with E-state index in [9.17, 15) is 0 Å². The summed E-state index contributed by atoms with van der Waals surface area (Å²) < 4.78 is 5.34. The lowest BCUT2D eigenvalue weighted by Gasteiger charge is -2.20. The Morgan fingerprint density at radius 2 is 2.17 bits per heavy atom. The monoisotopic (exact) mass is 532 g/mol. The molecule has 2 N–H and O–H groups in total. The predicted octanol–water partition coefficient (Wildman–Crippen LogP) is 3.97. The van der Waals surface area contributed by atoms with Gasteiger partial charge in [0.15, 0.2) is 11.8 Å². The largest absolute Gasteiger partial charge is 0.369 e. The third kappa shape index (κ3) is 6.74. The fourth-order valence-electron chi connectivity index (χ4n) is 3.07. The molecule has 7 nitrogen and oxygen atoms in total. The van der Waals surface area contributed by atoms with Crippen molar-refractivity contribution in [2.75, 3.05) is 24.5 Å². The van der Waals surface area contributed by atoms with Crippen molar-refractivity contribution >= 4 is 47.2 Å². The molecule has 3 rings (SSSR count). The van der Waals surface area contributed by atoms with Crippen molar-refractivity contribution in [3.8, 4) is 0 Å². The van der Waals surface area contributed by atoms with Crippen LogP contribution in [0.25, 0.3) is 0 Å². The van der Waals surface area contributed by atoms with Crippen LogP contribution in [0.4, 0.5) is 5.69 Å². The van der Waals surface area contributed by atoms with Crippen molar-refractivity contribution in [2.45, 2.75) is 52.1 Å². The zero-order valence-electron chi connectivity index (χ0n) is 17.4. The van der Waals surface area contributed by atoms with Crippen LogP contribution in [-0.2, 0) is 12.0 Å². The molecule has 0 bridgehead atoms. The summed E-state index contributed by atoms with van der Waals surface area (Å²) in [7, 11) is 0. The topological polar surface area (TPSA) is 78.6 Å². The Morgan fingerprint density at radius 1 is 1.38 bits per heavy atom. The van der Waals surface area contributed by atoms with Crippen molar-refractivity contribution in [3.05, 3.63) is 41.0 Å². The lowest BCUT2D eigenvalue weighted by molar-refractivity contribution is 0.318. The van der Waals surface area contributed by atoms with Crippen LogP contribution in [0, 0.1) is 0 Å². The van der Waals surface area contributed by atoms with E-state index in [2.05, 4.69) is 43.7 Å². The van der Waals surface area contributed by atoms with Crippen molar-refractivity contribution in [3.63, 3.8) is 0 Å². The van der Waals surface area contributed by atoms with Gasteiger partial charge in [0.2, 0.25) is 5.89 Å². The Bertz CT molecular complexity index is 819. The molecule has 1 aliphatic rings. The number of hydrogen-bond donors (Lipinski definition) is 2. The van der Waals surface area contributed by atoms with Crippen molar-refractivity contribution in [1.29, 1.82) is 0 Å². The second-order valence-electron chi connectivity index (χ2n) is 8.02. The minimum atomic E-state index is -0.161. The van der Waals surface area contributed by atoms with Crippen LogP contribution in [0.2, 0.25) is 5.02 Å². The number of rotatable bonds is 5. The van der Waals surface area contributed by atoms with E-state index in [4.69, 9.17) is 16.1 Å². The van der Waals surface area contributed by atoms with Crippen molar-refractivity contribution < 1.29 is 4.52 Å². The molecule has 1 fully saturated rings. The molecule has 0 spiro atoms. The second kappa shape index (κ2) is 10.5. The number of nitrogens with zero attached hydrogens (tertiary/aromatic N) is 4. The zero-order valence-corrected chi connectivity index (χ0v) is 20.5. The number of guanidine groups is 1. The third-order valence-corrected chi connectivity index (χ3v) is 4.77. The minimum absolute atomic E-state index is 0. The SMILES string of the molecule is CCNC(=NCc1noc(C(C)(C)C)n1)NC1CCN(c2cccc(Cl)c2)C1.I. The molecule has 0 aliphatic carbocycles. The van der Waals surface area contributed by atoms with Gasteiger partial charge in [-0.2, -0.15) is 4.98 Å². The van der Waals surface area contributed by atoms with Gasteiger partial charge in [-0.15, -0.1) is 24.0 Å². The lowest BCUT2D eigenvalue weighted by atomic mass is 9.97. The van der Waals surface area contributed by atoms with E-state index in [1.54, 1.807) is 0 Å². The highest BCUT2D eigenvalue weighted by Crippen LogP contribution is 2.23. The van der Waals surface area contributed by atoms with Crippen molar-refractivity contribution in [1.82, 2.24) is 20.8 Å². The lowest BCUT2D eigenvalue weighted by Crippen LogP contribution is -2.44. The van der Waals surface area contributed by atoms with Gasteiger partial charge in [-0.05, 0) is 31.5 Å². The molecule has 160 valence electrons. The Kier molecular flexibility index (Phi) is 8.57. The molecule has 1 saturated heterocycles. The number of benzene rings is 1. The molecule has 0 saturated carbocycles. The fraction of sp³-hybridized carbons (Fsp3) is 0.550. The standard InChI is InChI=1S/C20H29ClN6O.HI/c1-5-22-19(23-12-17-25-18(28-26-17)20(2,3)4)24-15-9-10-27(13-15)16-8-6-7-14(21)11-16;/h6-8,11,15H,5,9-10,12-13H2,1-4H3,(H2,22,23,24);1H. The quantitative estimate of drug-likeness (QED) is 0.345. The number of nitrogens with one attached hydrogen (secondary N) is 2. The van der Waals surface area contributed by atoms with Gasteiger partial charge in [-0.3, -0.25) is 0 Å². The summed E-state index contributed by atoms with van der Waals surface area (Å²) in [6.07, 6.45) is 1.04. The third-order valence-electron chi connectivity index (χ3n) is 4.53. The predicted molar refractivity (Wildman–Crippen MR) is 128 cm³/mol.